The first-order chi connectivity index (χ1) is 8.61. The van der Waals surface area contributed by atoms with Crippen LogP contribution in [-0.2, 0) is 4.79 Å². The second kappa shape index (κ2) is 5.59. The molecule has 19 heavy (non-hydrogen) atoms. The molecule has 1 aromatic rings. The smallest absolute Gasteiger partial charge is 0.335 e. The van der Waals surface area contributed by atoms with Crippen molar-refractivity contribution in [3.05, 3.63) is 28.8 Å². The molecule has 0 spiro atoms. The average molecular weight is 285 g/mol. The Labute approximate surface area is 116 Å². The Bertz CT molecular complexity index is 509. The van der Waals surface area contributed by atoms with Crippen molar-refractivity contribution >= 4 is 29.2 Å². The SMILES string of the molecule is CC(C)(C)[C@@H](N)C(=O)Nc1cc(Cl)cc(C(=O)O)c1. The summed E-state index contributed by atoms with van der Waals surface area (Å²) < 4.78 is 0. The molecule has 1 aromatic carbocycles. The third-order valence-corrected chi connectivity index (χ3v) is 2.85. The van der Waals surface area contributed by atoms with Crippen molar-refractivity contribution in [2.45, 2.75) is 26.8 Å². The molecule has 0 aromatic heterocycles. The van der Waals surface area contributed by atoms with E-state index in [4.69, 9.17) is 22.4 Å². The molecule has 5 nitrogen and oxygen atoms in total. The van der Waals surface area contributed by atoms with E-state index in [9.17, 15) is 9.59 Å². The molecular formula is C13H17ClN2O3. The zero-order chi connectivity index (χ0) is 14.8. The highest BCUT2D eigenvalue weighted by atomic mass is 35.5. The van der Waals surface area contributed by atoms with Crippen LogP contribution in [0, 0.1) is 5.41 Å². The summed E-state index contributed by atoms with van der Waals surface area (Å²) >= 11 is 5.80. The van der Waals surface area contributed by atoms with Crippen LogP contribution in [0.2, 0.25) is 5.02 Å². The van der Waals surface area contributed by atoms with Crippen LogP contribution in [0.25, 0.3) is 0 Å². The van der Waals surface area contributed by atoms with Crippen molar-refractivity contribution in [3.63, 3.8) is 0 Å². The number of nitrogens with two attached hydrogens (primary N) is 1. The van der Waals surface area contributed by atoms with E-state index in [0.717, 1.165) is 0 Å². The van der Waals surface area contributed by atoms with Gasteiger partial charge in [0.25, 0.3) is 0 Å². The Balaban J connectivity index is 2.94. The molecule has 0 saturated heterocycles. The van der Waals surface area contributed by atoms with E-state index in [1.165, 1.54) is 18.2 Å². The number of benzene rings is 1. The molecule has 6 heteroatoms. The second-order valence-corrected chi connectivity index (χ2v) is 5.80. The van der Waals surface area contributed by atoms with Gasteiger partial charge in [0, 0.05) is 10.7 Å². The fraction of sp³-hybridized carbons (Fsp3) is 0.385. The number of hydrogen-bond donors (Lipinski definition) is 3. The van der Waals surface area contributed by atoms with Crippen LogP contribution in [0.4, 0.5) is 5.69 Å². The Morgan fingerprint density at radius 3 is 2.37 bits per heavy atom. The summed E-state index contributed by atoms with van der Waals surface area (Å²) in [4.78, 5) is 22.8. The largest absolute Gasteiger partial charge is 0.478 e. The van der Waals surface area contributed by atoms with E-state index in [0.29, 0.717) is 5.69 Å². The van der Waals surface area contributed by atoms with Gasteiger partial charge in [0.2, 0.25) is 5.91 Å². The molecule has 0 bridgehead atoms. The van der Waals surface area contributed by atoms with Gasteiger partial charge in [0.15, 0.2) is 0 Å². The van der Waals surface area contributed by atoms with Crippen LogP contribution in [0.1, 0.15) is 31.1 Å². The van der Waals surface area contributed by atoms with Crippen LogP contribution in [0.15, 0.2) is 18.2 Å². The van der Waals surface area contributed by atoms with E-state index < -0.39 is 17.4 Å². The molecule has 0 fully saturated rings. The van der Waals surface area contributed by atoms with Crippen molar-refractivity contribution in [2.24, 2.45) is 11.1 Å². The highest BCUT2D eigenvalue weighted by Crippen LogP contribution is 2.22. The van der Waals surface area contributed by atoms with Crippen molar-refractivity contribution in [3.8, 4) is 0 Å². The van der Waals surface area contributed by atoms with Gasteiger partial charge in [-0.2, -0.15) is 0 Å². The average Bonchev–Trinajstić information content (AvgIpc) is 2.25. The third-order valence-electron chi connectivity index (χ3n) is 2.63. The van der Waals surface area contributed by atoms with Crippen LogP contribution in [0.5, 0.6) is 0 Å². The first kappa shape index (κ1) is 15.5. The van der Waals surface area contributed by atoms with Gasteiger partial charge in [-0.1, -0.05) is 32.4 Å². The fourth-order valence-corrected chi connectivity index (χ4v) is 1.63. The van der Waals surface area contributed by atoms with E-state index in [2.05, 4.69) is 5.32 Å². The molecule has 1 atom stereocenters. The normalized spacial score (nSPS) is 12.9. The van der Waals surface area contributed by atoms with Crippen molar-refractivity contribution in [1.29, 1.82) is 0 Å². The summed E-state index contributed by atoms with van der Waals surface area (Å²) in [6, 6.07) is 3.41. The quantitative estimate of drug-likeness (QED) is 0.794. The number of anilines is 1. The van der Waals surface area contributed by atoms with Crippen molar-refractivity contribution < 1.29 is 14.7 Å². The minimum Gasteiger partial charge on any atom is -0.478 e. The number of carboxylic acids is 1. The number of halogens is 1. The molecule has 0 heterocycles. The highest BCUT2D eigenvalue weighted by Gasteiger charge is 2.27. The Morgan fingerprint density at radius 2 is 1.89 bits per heavy atom. The van der Waals surface area contributed by atoms with Gasteiger partial charge < -0.3 is 16.2 Å². The fourth-order valence-electron chi connectivity index (χ4n) is 1.40. The lowest BCUT2D eigenvalue weighted by molar-refractivity contribution is -0.119. The molecule has 0 aliphatic carbocycles. The summed E-state index contributed by atoms with van der Waals surface area (Å²) in [6.45, 7) is 5.54. The summed E-state index contributed by atoms with van der Waals surface area (Å²) in [7, 11) is 0. The lowest BCUT2D eigenvalue weighted by atomic mass is 9.87. The number of carboxylic acid groups (broad SMARTS) is 1. The molecule has 0 unspecified atom stereocenters. The van der Waals surface area contributed by atoms with Crippen LogP contribution in [0.3, 0.4) is 0 Å². The molecule has 0 aliphatic heterocycles. The van der Waals surface area contributed by atoms with Gasteiger partial charge in [-0.05, 0) is 23.6 Å². The lowest BCUT2D eigenvalue weighted by Crippen LogP contribution is -2.45. The number of rotatable bonds is 3. The van der Waals surface area contributed by atoms with Gasteiger partial charge in [-0.25, -0.2) is 4.79 Å². The maximum atomic E-state index is 11.9. The molecular weight excluding hydrogens is 268 g/mol. The zero-order valence-corrected chi connectivity index (χ0v) is 11.8. The Kier molecular flexibility index (Phi) is 4.55. The topological polar surface area (TPSA) is 92.4 Å². The molecule has 0 radical (unpaired) electrons. The summed E-state index contributed by atoms with van der Waals surface area (Å²) in [5.41, 5.74) is 5.75. The zero-order valence-electron chi connectivity index (χ0n) is 11.0. The van der Waals surface area contributed by atoms with E-state index >= 15 is 0 Å². The minimum atomic E-state index is -1.11. The standard InChI is InChI=1S/C13H17ClN2O3/c1-13(2,3)10(15)11(17)16-9-5-7(12(18)19)4-8(14)6-9/h4-6,10H,15H2,1-3H3,(H,16,17)(H,18,19)/t10-/m0/s1. The third kappa shape index (κ3) is 4.22. The van der Waals surface area contributed by atoms with Crippen LogP contribution in [-0.4, -0.2) is 23.0 Å². The lowest BCUT2D eigenvalue weighted by Gasteiger charge is -2.25. The summed E-state index contributed by atoms with van der Waals surface area (Å²) in [6.07, 6.45) is 0. The summed E-state index contributed by atoms with van der Waals surface area (Å²) in [5.74, 6) is -1.50. The van der Waals surface area contributed by atoms with Gasteiger partial charge in [0.1, 0.15) is 0 Å². The first-order valence-electron chi connectivity index (χ1n) is 5.71. The maximum absolute atomic E-state index is 11.9. The predicted molar refractivity (Wildman–Crippen MR) is 74.5 cm³/mol. The van der Waals surface area contributed by atoms with Crippen LogP contribution >= 0.6 is 11.6 Å². The van der Waals surface area contributed by atoms with Gasteiger partial charge >= 0.3 is 5.97 Å². The minimum absolute atomic E-state index is 0.00660. The number of carbonyl (C=O) groups is 2. The molecule has 1 rings (SSSR count). The van der Waals surface area contributed by atoms with E-state index in [1.54, 1.807) is 0 Å². The van der Waals surface area contributed by atoms with Crippen molar-refractivity contribution in [1.82, 2.24) is 0 Å². The predicted octanol–water partition coefficient (Wildman–Crippen LogP) is 2.35. The Hall–Kier alpha value is -1.59. The maximum Gasteiger partial charge on any atom is 0.335 e. The number of aromatic carboxylic acids is 1. The van der Waals surface area contributed by atoms with Gasteiger partial charge in [-0.15, -0.1) is 0 Å². The molecule has 0 saturated carbocycles. The van der Waals surface area contributed by atoms with Gasteiger partial charge in [0.05, 0.1) is 11.6 Å². The van der Waals surface area contributed by atoms with E-state index in [-0.39, 0.29) is 16.5 Å². The first-order valence-corrected chi connectivity index (χ1v) is 6.09. The number of nitrogens with one attached hydrogen (secondary N) is 1. The molecule has 1 amide bonds. The highest BCUT2D eigenvalue weighted by molar-refractivity contribution is 6.31. The molecule has 0 aliphatic rings. The second-order valence-electron chi connectivity index (χ2n) is 5.37. The number of amides is 1. The van der Waals surface area contributed by atoms with Crippen molar-refractivity contribution in [2.75, 3.05) is 5.32 Å². The Morgan fingerprint density at radius 1 is 1.32 bits per heavy atom. The summed E-state index contributed by atoms with van der Waals surface area (Å²) in [5, 5.41) is 11.7. The number of carbonyl (C=O) groups excluding carboxylic acids is 1. The van der Waals surface area contributed by atoms with Crippen LogP contribution < -0.4 is 11.1 Å². The van der Waals surface area contributed by atoms with E-state index in [1.807, 2.05) is 20.8 Å². The van der Waals surface area contributed by atoms with Gasteiger partial charge in [-0.3, -0.25) is 4.79 Å². The molecule has 104 valence electrons. The molecule has 4 N–H and O–H groups in total. The monoisotopic (exact) mass is 284 g/mol. The number of hydrogen-bond acceptors (Lipinski definition) is 3.